The monoisotopic (exact) mass is 392 g/mol. The van der Waals surface area contributed by atoms with Crippen LogP contribution in [0.15, 0.2) is 54.6 Å². The molecule has 0 saturated heterocycles. The molecule has 2 aromatic carbocycles. The largest absolute Gasteiger partial charge is 0.356 e. The summed E-state index contributed by atoms with van der Waals surface area (Å²) in [7, 11) is -3.40. The summed E-state index contributed by atoms with van der Waals surface area (Å²) in [6.45, 7) is 0.788. The number of rotatable bonds is 10. The lowest BCUT2D eigenvalue weighted by molar-refractivity contribution is -0.121. The van der Waals surface area contributed by atoms with Crippen LogP contribution in [0.1, 0.15) is 24.8 Å². The van der Waals surface area contributed by atoms with Crippen LogP contribution < -0.4 is 9.62 Å². The molecule has 1 N–H and O–H groups in total. The minimum Gasteiger partial charge on any atom is -0.356 e. The number of anilines is 1. The fraction of sp³-hybridized carbons (Fsp3) is 0.350. The van der Waals surface area contributed by atoms with E-state index in [1.807, 2.05) is 6.07 Å². The van der Waals surface area contributed by atoms with E-state index in [0.717, 1.165) is 24.7 Å². The van der Waals surface area contributed by atoms with Gasteiger partial charge < -0.3 is 5.32 Å². The van der Waals surface area contributed by atoms with Crippen LogP contribution in [-0.4, -0.2) is 33.7 Å². The van der Waals surface area contributed by atoms with Crippen LogP contribution in [0.25, 0.3) is 0 Å². The molecule has 0 aliphatic heterocycles. The van der Waals surface area contributed by atoms with E-state index in [-0.39, 0.29) is 24.7 Å². The number of para-hydroxylation sites is 1. The van der Waals surface area contributed by atoms with Gasteiger partial charge in [-0.1, -0.05) is 30.3 Å². The number of amides is 1. The molecular weight excluding hydrogens is 367 g/mol. The van der Waals surface area contributed by atoms with Crippen molar-refractivity contribution in [1.29, 1.82) is 0 Å². The van der Waals surface area contributed by atoms with E-state index in [9.17, 15) is 17.6 Å². The van der Waals surface area contributed by atoms with Gasteiger partial charge in [-0.3, -0.25) is 9.10 Å². The van der Waals surface area contributed by atoms with Crippen molar-refractivity contribution in [2.45, 2.75) is 25.7 Å². The Balaban J connectivity index is 1.70. The van der Waals surface area contributed by atoms with Crippen molar-refractivity contribution in [3.8, 4) is 0 Å². The van der Waals surface area contributed by atoms with Crippen LogP contribution in [0.4, 0.5) is 10.1 Å². The van der Waals surface area contributed by atoms with E-state index in [1.54, 1.807) is 36.4 Å². The van der Waals surface area contributed by atoms with Crippen LogP contribution in [0.3, 0.4) is 0 Å². The van der Waals surface area contributed by atoms with Crippen molar-refractivity contribution in [2.24, 2.45) is 0 Å². The maximum Gasteiger partial charge on any atom is 0.232 e. The highest BCUT2D eigenvalue weighted by atomic mass is 32.2. The highest BCUT2D eigenvalue weighted by molar-refractivity contribution is 7.92. The molecule has 2 rings (SSSR count). The van der Waals surface area contributed by atoms with Crippen LogP contribution in [0, 0.1) is 5.82 Å². The molecule has 0 unspecified atom stereocenters. The first-order chi connectivity index (χ1) is 12.9. The fourth-order valence-electron chi connectivity index (χ4n) is 2.72. The molecule has 0 radical (unpaired) electrons. The van der Waals surface area contributed by atoms with E-state index in [4.69, 9.17) is 0 Å². The average Bonchev–Trinajstić information content (AvgIpc) is 2.63. The average molecular weight is 392 g/mol. The quantitative estimate of drug-likeness (QED) is 0.632. The van der Waals surface area contributed by atoms with Crippen molar-refractivity contribution in [2.75, 3.05) is 23.7 Å². The second-order valence-corrected chi connectivity index (χ2v) is 8.26. The molecule has 0 aromatic heterocycles. The van der Waals surface area contributed by atoms with Gasteiger partial charge in [0.05, 0.1) is 11.9 Å². The van der Waals surface area contributed by atoms with E-state index >= 15 is 0 Å². The van der Waals surface area contributed by atoms with Gasteiger partial charge in [0.25, 0.3) is 0 Å². The molecule has 146 valence electrons. The number of benzene rings is 2. The van der Waals surface area contributed by atoms with E-state index in [0.29, 0.717) is 18.7 Å². The number of carbonyl (C=O) groups excluding carboxylic acids is 1. The van der Waals surface area contributed by atoms with Crippen LogP contribution in [0.5, 0.6) is 0 Å². The van der Waals surface area contributed by atoms with E-state index in [1.165, 1.54) is 16.4 Å². The van der Waals surface area contributed by atoms with Gasteiger partial charge in [-0.15, -0.1) is 0 Å². The van der Waals surface area contributed by atoms with Gasteiger partial charge in [0.15, 0.2) is 0 Å². The Morgan fingerprint density at radius 3 is 2.33 bits per heavy atom. The lowest BCUT2D eigenvalue weighted by atomic mass is 10.1. The predicted octanol–water partition coefficient (Wildman–Crippen LogP) is 3.12. The molecule has 0 atom stereocenters. The SMILES string of the molecule is CS(=O)(=O)N(CCCC(=O)NCCCc1ccc(F)cc1)c1ccccc1. The second-order valence-electron chi connectivity index (χ2n) is 6.35. The summed E-state index contributed by atoms with van der Waals surface area (Å²) in [5.74, 6) is -0.360. The fourth-order valence-corrected chi connectivity index (χ4v) is 3.69. The highest BCUT2D eigenvalue weighted by Gasteiger charge is 2.17. The molecule has 0 spiro atoms. The number of sulfonamides is 1. The van der Waals surface area contributed by atoms with Crippen molar-refractivity contribution >= 4 is 21.6 Å². The smallest absolute Gasteiger partial charge is 0.232 e. The minimum atomic E-state index is -3.40. The van der Waals surface area contributed by atoms with Gasteiger partial charge in [0.2, 0.25) is 15.9 Å². The zero-order valence-electron chi connectivity index (χ0n) is 15.4. The maximum absolute atomic E-state index is 12.8. The van der Waals surface area contributed by atoms with Crippen molar-refractivity contribution in [3.63, 3.8) is 0 Å². The minimum absolute atomic E-state index is 0.101. The Morgan fingerprint density at radius 1 is 1.04 bits per heavy atom. The summed E-state index contributed by atoms with van der Waals surface area (Å²) in [5.41, 5.74) is 1.62. The van der Waals surface area contributed by atoms with Gasteiger partial charge in [0.1, 0.15) is 5.82 Å². The van der Waals surface area contributed by atoms with Crippen LogP contribution >= 0.6 is 0 Å². The Bertz CT molecular complexity index is 824. The standard InChI is InChI=1S/C20H25FN2O3S/c1-27(25,26)23(19-8-3-2-4-9-19)16-6-10-20(24)22-15-5-7-17-11-13-18(21)14-12-17/h2-4,8-9,11-14H,5-7,10,15-16H2,1H3,(H,22,24). The molecule has 0 heterocycles. The third kappa shape index (κ3) is 7.38. The molecule has 2 aromatic rings. The van der Waals surface area contributed by atoms with Crippen molar-refractivity contribution < 1.29 is 17.6 Å². The third-order valence-electron chi connectivity index (χ3n) is 4.09. The third-order valence-corrected chi connectivity index (χ3v) is 5.28. The summed E-state index contributed by atoms with van der Waals surface area (Å²) < 4.78 is 38.1. The first kappa shape index (κ1) is 20.9. The number of hydrogen-bond acceptors (Lipinski definition) is 3. The molecule has 0 fully saturated rings. The molecule has 0 bridgehead atoms. The Labute approximate surface area is 160 Å². The maximum atomic E-state index is 12.8. The van der Waals surface area contributed by atoms with Gasteiger partial charge in [0, 0.05) is 19.5 Å². The Kier molecular flexibility index (Phi) is 7.79. The zero-order valence-corrected chi connectivity index (χ0v) is 16.2. The summed E-state index contributed by atoms with van der Waals surface area (Å²) >= 11 is 0. The van der Waals surface area contributed by atoms with Gasteiger partial charge in [-0.05, 0) is 49.1 Å². The van der Waals surface area contributed by atoms with E-state index in [2.05, 4.69) is 5.32 Å². The number of nitrogens with one attached hydrogen (secondary N) is 1. The Morgan fingerprint density at radius 2 is 1.70 bits per heavy atom. The lowest BCUT2D eigenvalue weighted by Crippen LogP contribution is -2.32. The topological polar surface area (TPSA) is 66.5 Å². The number of hydrogen-bond donors (Lipinski definition) is 1. The summed E-state index contributed by atoms with van der Waals surface area (Å²) in [4.78, 5) is 11.9. The molecule has 7 heteroatoms. The zero-order chi connectivity index (χ0) is 19.7. The van der Waals surface area contributed by atoms with Gasteiger partial charge >= 0.3 is 0 Å². The molecule has 0 saturated carbocycles. The first-order valence-electron chi connectivity index (χ1n) is 8.90. The Hall–Kier alpha value is -2.41. The summed E-state index contributed by atoms with van der Waals surface area (Å²) in [6.07, 6.45) is 3.38. The normalized spacial score (nSPS) is 11.2. The number of halogens is 1. The molecule has 0 aliphatic carbocycles. The first-order valence-corrected chi connectivity index (χ1v) is 10.7. The summed E-state index contributed by atoms with van der Waals surface area (Å²) in [5, 5.41) is 2.84. The molecule has 5 nitrogen and oxygen atoms in total. The number of aryl methyl sites for hydroxylation is 1. The van der Waals surface area contributed by atoms with E-state index < -0.39 is 10.0 Å². The highest BCUT2D eigenvalue weighted by Crippen LogP contribution is 2.17. The second kappa shape index (κ2) is 10.1. The van der Waals surface area contributed by atoms with Crippen molar-refractivity contribution in [3.05, 3.63) is 66.0 Å². The lowest BCUT2D eigenvalue weighted by Gasteiger charge is -2.22. The predicted molar refractivity (Wildman–Crippen MR) is 106 cm³/mol. The summed E-state index contributed by atoms with van der Waals surface area (Å²) in [6, 6.07) is 15.2. The van der Waals surface area contributed by atoms with Gasteiger partial charge in [-0.2, -0.15) is 0 Å². The van der Waals surface area contributed by atoms with Gasteiger partial charge in [-0.25, -0.2) is 12.8 Å². The van der Waals surface area contributed by atoms with Crippen LogP contribution in [0.2, 0.25) is 0 Å². The van der Waals surface area contributed by atoms with Crippen LogP contribution in [-0.2, 0) is 21.2 Å². The van der Waals surface area contributed by atoms with Crippen molar-refractivity contribution in [1.82, 2.24) is 5.32 Å². The molecule has 1 amide bonds. The number of nitrogens with zero attached hydrogens (tertiary/aromatic N) is 1. The molecule has 27 heavy (non-hydrogen) atoms. The number of carbonyl (C=O) groups is 1. The molecule has 0 aliphatic rings. The molecular formula is C20H25FN2O3S.